The van der Waals surface area contributed by atoms with Gasteiger partial charge >= 0.3 is 5.97 Å². The van der Waals surface area contributed by atoms with Gasteiger partial charge in [-0.15, -0.1) is 17.9 Å². The third-order valence-corrected chi connectivity index (χ3v) is 2.27. The van der Waals surface area contributed by atoms with Crippen molar-refractivity contribution in [1.82, 2.24) is 10.7 Å². The predicted octanol–water partition coefficient (Wildman–Crippen LogP) is 2.70. The van der Waals surface area contributed by atoms with Crippen LogP contribution in [-0.2, 0) is 4.79 Å². The van der Waals surface area contributed by atoms with Gasteiger partial charge in [-0.25, -0.2) is 4.79 Å². The molecule has 0 amide bonds. The first kappa shape index (κ1) is 15.9. The van der Waals surface area contributed by atoms with Gasteiger partial charge in [0.15, 0.2) is 0 Å². The minimum atomic E-state index is -1.69. The molecule has 0 aromatic heterocycles. The molecule has 2 atom stereocenters. The van der Waals surface area contributed by atoms with Gasteiger partial charge < -0.3 is 5.11 Å². The summed E-state index contributed by atoms with van der Waals surface area (Å²) in [6.45, 7) is 2.74. The van der Waals surface area contributed by atoms with Gasteiger partial charge in [0.2, 0.25) is 0 Å². The van der Waals surface area contributed by atoms with Crippen molar-refractivity contribution >= 4 is 5.97 Å². The molecule has 0 saturated carbocycles. The average molecular weight is 258 g/mol. The van der Waals surface area contributed by atoms with Crippen molar-refractivity contribution in [3.63, 3.8) is 0 Å². The lowest BCUT2D eigenvalue weighted by Gasteiger charge is -2.18. The highest BCUT2D eigenvalue weighted by Crippen LogP contribution is 2.19. The molecule has 0 heterocycles. The number of aliphatic carboxylic acids is 1. The van der Waals surface area contributed by atoms with Crippen LogP contribution in [0.1, 0.15) is 26.7 Å². The van der Waals surface area contributed by atoms with Gasteiger partial charge in [0.25, 0.3) is 0 Å². The molecule has 0 aliphatic heterocycles. The van der Waals surface area contributed by atoms with E-state index in [0.29, 0.717) is 6.08 Å². The molecule has 0 aromatic rings. The number of carbonyl (C=O) groups is 1. The Bertz CT molecular complexity index is 284. The van der Waals surface area contributed by atoms with Gasteiger partial charge in [-0.1, -0.05) is 13.8 Å². The number of nitrogens with zero attached hydrogens (tertiary/aromatic N) is 2. The molecule has 17 heavy (non-hydrogen) atoms. The molecule has 8 heteroatoms. The Hall–Kier alpha value is -1.15. The fourth-order valence-electron chi connectivity index (χ4n) is 1.31. The molecule has 1 N–H and O–H groups in total. The molecule has 0 aliphatic carbocycles. The molecular weight excluding hydrogens is 244 g/mol. The Morgan fingerprint density at radius 2 is 1.71 bits per heavy atom. The molecule has 0 bridgehead atoms. The second kappa shape index (κ2) is 7.23. The van der Waals surface area contributed by atoms with Crippen LogP contribution < -0.4 is 0 Å². The van der Waals surface area contributed by atoms with Crippen LogP contribution in [0.25, 0.3) is 0 Å². The Morgan fingerprint density at radius 3 is 1.94 bits per heavy atom. The van der Waals surface area contributed by atoms with Crippen LogP contribution in [0.15, 0.2) is 11.6 Å². The van der Waals surface area contributed by atoms with Crippen LogP contribution >= 0.6 is 0 Å². The Morgan fingerprint density at radius 1 is 1.18 bits per heavy atom. The summed E-state index contributed by atoms with van der Waals surface area (Å²) in [5, 5.41) is 6.28. The smallest absolute Gasteiger partial charge is 0.333 e. The van der Waals surface area contributed by atoms with Crippen LogP contribution in [0.5, 0.6) is 0 Å². The standard InChI is InChI=1S/C9H14F4N2O2/c1-3-6(14(10)11)5-7(9(16)17)8(4-2)15(12)13/h5-6,8H,3-4H2,1-2H3,(H,16,17). The van der Waals surface area contributed by atoms with E-state index in [-0.39, 0.29) is 12.8 Å². The number of rotatable bonds is 7. The van der Waals surface area contributed by atoms with E-state index < -0.39 is 34.3 Å². The monoisotopic (exact) mass is 258 g/mol. The van der Waals surface area contributed by atoms with Crippen LogP contribution in [0.2, 0.25) is 0 Å². The maximum Gasteiger partial charge on any atom is 0.333 e. The van der Waals surface area contributed by atoms with Crippen molar-refractivity contribution in [1.29, 1.82) is 0 Å². The minimum Gasteiger partial charge on any atom is -0.478 e. The summed E-state index contributed by atoms with van der Waals surface area (Å²) < 4.78 is 49.4. The zero-order valence-corrected chi connectivity index (χ0v) is 9.41. The summed E-state index contributed by atoms with van der Waals surface area (Å²) in [6, 6.07) is -3.18. The number of carboxylic acid groups (broad SMARTS) is 1. The summed E-state index contributed by atoms with van der Waals surface area (Å²) in [6.07, 6.45) is 0.377. The third kappa shape index (κ3) is 4.70. The van der Waals surface area contributed by atoms with E-state index in [9.17, 15) is 22.7 Å². The lowest BCUT2D eigenvalue weighted by Crippen LogP contribution is -2.30. The molecule has 0 fully saturated rings. The average Bonchev–Trinajstić information content (AvgIpc) is 2.22. The molecular formula is C9H14F4N2O2. The fraction of sp³-hybridized carbons (Fsp3) is 0.667. The SMILES string of the molecule is CCC(C=C(C(=O)O)C(CC)N(F)F)N(F)F. The predicted molar refractivity (Wildman–Crippen MR) is 52.0 cm³/mol. The van der Waals surface area contributed by atoms with Crippen LogP contribution in [-0.4, -0.2) is 33.8 Å². The molecule has 0 saturated heterocycles. The minimum absolute atomic E-state index is 0.0845. The highest BCUT2D eigenvalue weighted by Gasteiger charge is 2.28. The molecule has 0 aromatic carbocycles. The van der Waals surface area contributed by atoms with Crippen molar-refractivity contribution in [2.75, 3.05) is 0 Å². The van der Waals surface area contributed by atoms with Crippen molar-refractivity contribution in [2.24, 2.45) is 0 Å². The highest BCUT2D eigenvalue weighted by molar-refractivity contribution is 5.88. The van der Waals surface area contributed by atoms with E-state index in [2.05, 4.69) is 0 Å². The number of hydrogen-bond acceptors (Lipinski definition) is 3. The van der Waals surface area contributed by atoms with Crippen LogP contribution in [0.3, 0.4) is 0 Å². The largest absolute Gasteiger partial charge is 0.478 e. The van der Waals surface area contributed by atoms with Gasteiger partial charge in [-0.3, -0.25) is 0 Å². The van der Waals surface area contributed by atoms with Crippen molar-refractivity contribution in [3.05, 3.63) is 11.6 Å². The van der Waals surface area contributed by atoms with Gasteiger partial charge in [-0.2, -0.15) is 0 Å². The second-order valence-corrected chi connectivity index (χ2v) is 3.34. The lowest BCUT2D eigenvalue weighted by atomic mass is 10.0. The second-order valence-electron chi connectivity index (χ2n) is 3.34. The maximum absolute atomic E-state index is 12.4. The normalized spacial score (nSPS) is 16.4. The van der Waals surface area contributed by atoms with E-state index in [1.165, 1.54) is 13.8 Å². The lowest BCUT2D eigenvalue weighted by molar-refractivity contribution is -0.184. The topological polar surface area (TPSA) is 43.8 Å². The first-order valence-corrected chi connectivity index (χ1v) is 5.01. The van der Waals surface area contributed by atoms with Crippen molar-refractivity contribution < 1.29 is 27.8 Å². The highest BCUT2D eigenvalue weighted by atomic mass is 19.4. The summed E-state index contributed by atoms with van der Waals surface area (Å²) >= 11 is 0. The number of halogens is 4. The zero-order chi connectivity index (χ0) is 13.6. The van der Waals surface area contributed by atoms with E-state index >= 15 is 0 Å². The van der Waals surface area contributed by atoms with E-state index in [1.807, 2.05) is 0 Å². The molecule has 0 rings (SSSR count). The molecule has 4 nitrogen and oxygen atoms in total. The van der Waals surface area contributed by atoms with Gasteiger partial charge in [0, 0.05) is 10.7 Å². The van der Waals surface area contributed by atoms with E-state index in [4.69, 9.17) is 5.11 Å². The molecule has 0 spiro atoms. The summed E-state index contributed by atoms with van der Waals surface area (Å²) in [7, 11) is 0. The summed E-state index contributed by atoms with van der Waals surface area (Å²) in [4.78, 5) is 10.8. The van der Waals surface area contributed by atoms with Crippen LogP contribution in [0.4, 0.5) is 17.9 Å². The number of hydrogen-bond donors (Lipinski definition) is 1. The third-order valence-electron chi connectivity index (χ3n) is 2.27. The first-order valence-electron chi connectivity index (χ1n) is 5.01. The van der Waals surface area contributed by atoms with Gasteiger partial charge in [0.1, 0.15) is 6.04 Å². The number of carboxylic acids is 1. The summed E-state index contributed by atoms with van der Waals surface area (Å²) in [5.74, 6) is -1.63. The Labute approximate surface area is 95.8 Å². The van der Waals surface area contributed by atoms with E-state index in [0.717, 1.165) is 0 Å². The molecule has 2 unspecified atom stereocenters. The van der Waals surface area contributed by atoms with Gasteiger partial charge in [0.05, 0.1) is 11.6 Å². The Kier molecular flexibility index (Phi) is 6.74. The fourth-order valence-corrected chi connectivity index (χ4v) is 1.31. The maximum atomic E-state index is 12.4. The van der Waals surface area contributed by atoms with Crippen LogP contribution in [0, 0.1) is 0 Å². The zero-order valence-electron chi connectivity index (χ0n) is 9.41. The van der Waals surface area contributed by atoms with Crippen molar-refractivity contribution in [3.8, 4) is 0 Å². The summed E-state index contributed by atoms with van der Waals surface area (Å²) in [5.41, 5.74) is -0.732. The Balaban J connectivity index is 5.19. The van der Waals surface area contributed by atoms with Crippen molar-refractivity contribution in [2.45, 2.75) is 38.8 Å². The molecule has 100 valence electrons. The first-order chi connectivity index (χ1) is 7.84. The molecule has 0 aliphatic rings. The molecule has 0 radical (unpaired) electrons. The van der Waals surface area contributed by atoms with E-state index in [1.54, 1.807) is 0 Å². The van der Waals surface area contributed by atoms with Gasteiger partial charge in [-0.05, 0) is 18.9 Å². The quantitative estimate of drug-likeness (QED) is 0.433.